The number of aromatic nitrogens is 4. The molecule has 0 unspecified atom stereocenters. The highest BCUT2D eigenvalue weighted by Gasteiger charge is 2.41. The molecule has 1 N–H and O–H groups in total. The van der Waals surface area contributed by atoms with Gasteiger partial charge in [0.25, 0.3) is 5.91 Å². The molecular weight excluding hydrogens is 415 g/mol. The zero-order chi connectivity index (χ0) is 21.9. The number of nitrogens with zero attached hydrogens (tertiary/aromatic N) is 5. The Morgan fingerprint density at radius 3 is 2.97 bits per heavy atom. The topological polar surface area (TPSA) is 93.9 Å². The minimum Gasteiger partial charge on any atom is -0.486 e. The molecule has 166 valence electrons. The highest BCUT2D eigenvalue weighted by Crippen LogP contribution is 2.38. The molecule has 3 aliphatic rings. The van der Waals surface area contributed by atoms with Crippen molar-refractivity contribution in [3.8, 4) is 11.6 Å². The highest BCUT2D eigenvalue weighted by molar-refractivity contribution is 6.00. The number of carbonyl (C=O) groups excluding carboxylic acids is 1. The fourth-order valence-corrected chi connectivity index (χ4v) is 4.66. The van der Waals surface area contributed by atoms with E-state index in [0.29, 0.717) is 47.4 Å². The van der Waals surface area contributed by atoms with Crippen molar-refractivity contribution >= 4 is 17.4 Å². The summed E-state index contributed by atoms with van der Waals surface area (Å²) in [6, 6.07) is 1.48. The van der Waals surface area contributed by atoms with E-state index in [1.54, 1.807) is 10.7 Å². The quantitative estimate of drug-likeness (QED) is 0.624. The number of fused-ring (bicyclic) bond motifs is 1. The highest BCUT2D eigenvalue weighted by atomic mass is 19.1. The number of hydrogen-bond donors (Lipinski definition) is 1. The van der Waals surface area contributed by atoms with Gasteiger partial charge in [-0.3, -0.25) is 4.79 Å². The monoisotopic (exact) mass is 438 g/mol. The van der Waals surface area contributed by atoms with Crippen molar-refractivity contribution < 1.29 is 18.7 Å². The second kappa shape index (κ2) is 7.04. The average molecular weight is 438 g/mol. The Labute approximate surface area is 183 Å². The first kappa shape index (κ1) is 19.3. The van der Waals surface area contributed by atoms with Gasteiger partial charge in [0.2, 0.25) is 5.88 Å². The number of amides is 1. The molecule has 1 spiro atoms. The Hall–Kier alpha value is -3.43. The van der Waals surface area contributed by atoms with Gasteiger partial charge in [-0.1, -0.05) is 6.92 Å². The Morgan fingerprint density at radius 1 is 1.31 bits per heavy atom. The molecule has 2 bridgehead atoms. The molecule has 1 atom stereocenters. The number of pyridine rings is 1. The van der Waals surface area contributed by atoms with Crippen LogP contribution in [0.3, 0.4) is 0 Å². The van der Waals surface area contributed by atoms with Crippen LogP contribution in [-0.2, 0) is 6.54 Å². The lowest BCUT2D eigenvalue weighted by Crippen LogP contribution is -2.57. The predicted octanol–water partition coefficient (Wildman–Crippen LogP) is 2.49. The number of halogens is 1. The molecule has 1 amide bonds. The third kappa shape index (κ3) is 2.96. The SMILES string of the molecule is CC[C@@H]1COc2cn3ncc4c3nc2N1Cc1cc(F)cnc1OCC1(CCC1)NC4=O. The van der Waals surface area contributed by atoms with Crippen LogP contribution in [0, 0.1) is 5.82 Å². The van der Waals surface area contributed by atoms with Gasteiger partial charge in [0.05, 0.1) is 36.7 Å². The summed E-state index contributed by atoms with van der Waals surface area (Å²) in [6.45, 7) is 3.16. The number of anilines is 1. The van der Waals surface area contributed by atoms with Crippen LogP contribution < -0.4 is 19.7 Å². The third-order valence-electron chi connectivity index (χ3n) is 6.71. The molecular formula is C22H23FN6O3. The third-order valence-corrected chi connectivity index (χ3v) is 6.71. The van der Waals surface area contributed by atoms with Crippen LogP contribution in [-0.4, -0.2) is 50.3 Å². The van der Waals surface area contributed by atoms with E-state index in [2.05, 4.69) is 27.2 Å². The van der Waals surface area contributed by atoms with E-state index < -0.39 is 11.4 Å². The Bertz CT molecular complexity index is 1220. The molecule has 0 aromatic carbocycles. The predicted molar refractivity (Wildman–Crippen MR) is 112 cm³/mol. The van der Waals surface area contributed by atoms with Crippen molar-refractivity contribution in [1.82, 2.24) is 24.9 Å². The van der Waals surface area contributed by atoms with Gasteiger partial charge >= 0.3 is 0 Å². The second-order valence-electron chi connectivity index (χ2n) is 8.75. The number of ether oxygens (including phenoxy) is 2. The fourth-order valence-electron chi connectivity index (χ4n) is 4.66. The minimum absolute atomic E-state index is 0.0249. The fraction of sp³-hybridized carbons (Fsp3) is 0.455. The molecule has 1 aliphatic carbocycles. The molecule has 9 nitrogen and oxygen atoms in total. The molecule has 3 aromatic heterocycles. The van der Waals surface area contributed by atoms with Crippen LogP contribution in [0.25, 0.3) is 5.65 Å². The summed E-state index contributed by atoms with van der Waals surface area (Å²) < 4.78 is 27.8. The summed E-state index contributed by atoms with van der Waals surface area (Å²) in [4.78, 5) is 24.3. The molecule has 5 heterocycles. The Kier molecular flexibility index (Phi) is 4.24. The van der Waals surface area contributed by atoms with E-state index in [9.17, 15) is 9.18 Å². The Morgan fingerprint density at radius 2 is 2.19 bits per heavy atom. The first-order valence-corrected chi connectivity index (χ1v) is 10.9. The van der Waals surface area contributed by atoms with Crippen molar-refractivity contribution in [2.24, 2.45) is 0 Å². The van der Waals surface area contributed by atoms with Gasteiger partial charge in [0, 0.05) is 5.56 Å². The largest absolute Gasteiger partial charge is 0.486 e. The molecule has 10 heteroatoms. The summed E-state index contributed by atoms with van der Waals surface area (Å²) in [5.41, 5.74) is 1.00. The number of nitrogens with one attached hydrogen (secondary N) is 1. The van der Waals surface area contributed by atoms with Gasteiger partial charge in [-0.2, -0.15) is 5.10 Å². The molecule has 6 rings (SSSR count). The molecule has 1 fully saturated rings. The lowest BCUT2D eigenvalue weighted by atomic mass is 9.77. The maximum atomic E-state index is 14.2. The van der Waals surface area contributed by atoms with E-state index in [0.717, 1.165) is 31.9 Å². The van der Waals surface area contributed by atoms with Gasteiger partial charge in [0.15, 0.2) is 17.2 Å². The molecule has 3 aromatic rings. The second-order valence-corrected chi connectivity index (χ2v) is 8.75. The summed E-state index contributed by atoms with van der Waals surface area (Å²) in [7, 11) is 0. The maximum absolute atomic E-state index is 14.2. The number of hydrogen-bond acceptors (Lipinski definition) is 7. The van der Waals surface area contributed by atoms with Crippen LogP contribution in [0.1, 0.15) is 48.5 Å². The van der Waals surface area contributed by atoms with Crippen LogP contribution in [0.2, 0.25) is 0 Å². The first-order valence-electron chi connectivity index (χ1n) is 10.9. The van der Waals surface area contributed by atoms with E-state index in [-0.39, 0.29) is 18.6 Å². The van der Waals surface area contributed by atoms with Crippen LogP contribution in [0.15, 0.2) is 24.7 Å². The standard InChI is InChI=1S/C22H23FN6O3/c1-2-15-11-31-17-10-29-18-16(8-25-29)20(30)27-22(4-3-5-22)12-32-21-13(6-14(23)7-24-21)9-28(15)19(17)26-18/h6-8,10,15H,2-5,9,11-12H2,1H3,(H,27,30)/t15-/m1/s1. The lowest BCUT2D eigenvalue weighted by molar-refractivity contribution is 0.0682. The molecule has 1 saturated carbocycles. The maximum Gasteiger partial charge on any atom is 0.257 e. The van der Waals surface area contributed by atoms with E-state index in [4.69, 9.17) is 14.5 Å². The van der Waals surface area contributed by atoms with Crippen LogP contribution in [0.5, 0.6) is 11.6 Å². The smallest absolute Gasteiger partial charge is 0.257 e. The van der Waals surface area contributed by atoms with Crippen LogP contribution >= 0.6 is 0 Å². The van der Waals surface area contributed by atoms with Crippen molar-refractivity contribution in [3.05, 3.63) is 41.6 Å². The summed E-state index contributed by atoms with van der Waals surface area (Å²) in [5, 5.41) is 7.46. The lowest BCUT2D eigenvalue weighted by Gasteiger charge is -2.42. The van der Waals surface area contributed by atoms with Gasteiger partial charge in [0.1, 0.15) is 24.6 Å². The van der Waals surface area contributed by atoms with Gasteiger partial charge in [-0.25, -0.2) is 18.9 Å². The van der Waals surface area contributed by atoms with E-state index in [1.807, 2.05) is 0 Å². The van der Waals surface area contributed by atoms with Crippen molar-refractivity contribution in [2.75, 3.05) is 18.1 Å². The van der Waals surface area contributed by atoms with Crippen molar-refractivity contribution in [3.63, 3.8) is 0 Å². The summed E-state index contributed by atoms with van der Waals surface area (Å²) >= 11 is 0. The number of rotatable bonds is 1. The summed E-state index contributed by atoms with van der Waals surface area (Å²) in [5.74, 6) is 0.870. The number of carbonyl (C=O) groups is 1. The zero-order valence-electron chi connectivity index (χ0n) is 17.7. The van der Waals surface area contributed by atoms with Crippen molar-refractivity contribution in [2.45, 2.75) is 50.7 Å². The normalized spacial score (nSPS) is 21.5. The summed E-state index contributed by atoms with van der Waals surface area (Å²) in [6.07, 6.45) is 7.84. The van der Waals surface area contributed by atoms with Crippen LogP contribution in [0.4, 0.5) is 10.2 Å². The molecule has 0 radical (unpaired) electrons. The molecule has 2 aliphatic heterocycles. The molecule has 0 saturated heterocycles. The van der Waals surface area contributed by atoms with E-state index >= 15 is 0 Å². The molecule has 32 heavy (non-hydrogen) atoms. The Balaban J connectivity index is 1.54. The van der Waals surface area contributed by atoms with Gasteiger partial charge in [-0.05, 0) is 31.7 Å². The van der Waals surface area contributed by atoms with Crippen molar-refractivity contribution in [1.29, 1.82) is 0 Å². The zero-order valence-corrected chi connectivity index (χ0v) is 17.7. The minimum atomic E-state index is -0.488. The van der Waals surface area contributed by atoms with Gasteiger partial charge in [-0.15, -0.1) is 0 Å². The average Bonchev–Trinajstić information content (AvgIpc) is 3.18. The first-order chi connectivity index (χ1) is 15.5. The van der Waals surface area contributed by atoms with E-state index in [1.165, 1.54) is 12.3 Å². The van der Waals surface area contributed by atoms with Gasteiger partial charge < -0.3 is 19.7 Å².